The minimum Gasteiger partial charge on any atom is -0.344 e. The van der Waals surface area contributed by atoms with Crippen LogP contribution in [-0.2, 0) is 11.3 Å². The number of carbonyl (C=O) groups excluding carboxylic acids is 1. The first-order chi connectivity index (χ1) is 12.8. The Morgan fingerprint density at radius 2 is 1.78 bits per heavy atom. The Balaban J connectivity index is 1.68. The molecular formula is C18H18Cl3N5O. The molecule has 2 heterocycles. The van der Waals surface area contributed by atoms with Gasteiger partial charge in [0, 0.05) is 43.7 Å². The number of aromatic nitrogens is 3. The number of nitrogens with one attached hydrogen (secondary N) is 1. The lowest BCUT2D eigenvalue weighted by Crippen LogP contribution is -2.36. The second-order valence-corrected chi connectivity index (χ2v) is 7.47. The van der Waals surface area contributed by atoms with Crippen molar-refractivity contribution in [3.8, 4) is 0 Å². The molecule has 1 N–H and O–H groups in total. The van der Waals surface area contributed by atoms with Crippen LogP contribution in [0.2, 0.25) is 15.2 Å². The molecule has 0 unspecified atom stereocenters. The Hall–Kier alpha value is -2.02. The lowest BCUT2D eigenvalue weighted by atomic mass is 10.2. The van der Waals surface area contributed by atoms with Gasteiger partial charge in [0.05, 0.1) is 5.52 Å². The van der Waals surface area contributed by atoms with Crippen molar-refractivity contribution in [2.75, 3.05) is 25.0 Å². The van der Waals surface area contributed by atoms with Gasteiger partial charge in [-0.25, -0.2) is 4.98 Å². The highest BCUT2D eigenvalue weighted by Crippen LogP contribution is 2.21. The first-order valence-electron chi connectivity index (χ1n) is 8.25. The number of anilines is 1. The van der Waals surface area contributed by atoms with Crippen LogP contribution in [0.25, 0.3) is 11.2 Å². The molecule has 3 rings (SSSR count). The van der Waals surface area contributed by atoms with Crippen LogP contribution in [-0.4, -0.2) is 45.9 Å². The van der Waals surface area contributed by atoms with Crippen molar-refractivity contribution in [3.05, 3.63) is 51.1 Å². The van der Waals surface area contributed by atoms with Gasteiger partial charge in [-0.15, -0.1) is 0 Å². The third-order valence-corrected chi connectivity index (χ3v) is 4.75. The largest absolute Gasteiger partial charge is 0.344 e. The molecule has 0 saturated carbocycles. The predicted octanol–water partition coefficient (Wildman–Crippen LogP) is 4.40. The fourth-order valence-electron chi connectivity index (χ4n) is 2.68. The summed E-state index contributed by atoms with van der Waals surface area (Å²) in [5.41, 5.74) is 2.24. The quantitative estimate of drug-likeness (QED) is 0.593. The number of halogens is 3. The number of amides is 1. The zero-order chi connectivity index (χ0) is 19.6. The molecule has 0 saturated heterocycles. The lowest BCUT2D eigenvalue weighted by Gasteiger charge is -2.24. The zero-order valence-corrected chi connectivity index (χ0v) is 17.1. The monoisotopic (exact) mass is 425 g/mol. The second-order valence-electron chi connectivity index (χ2n) is 6.21. The Labute approximate surface area is 172 Å². The van der Waals surface area contributed by atoms with E-state index in [-0.39, 0.29) is 5.91 Å². The van der Waals surface area contributed by atoms with Crippen LogP contribution in [0.5, 0.6) is 0 Å². The van der Waals surface area contributed by atoms with E-state index >= 15 is 0 Å². The van der Waals surface area contributed by atoms with Crippen LogP contribution in [0, 0.1) is 0 Å². The lowest BCUT2D eigenvalue weighted by molar-refractivity contribution is -0.129. The third kappa shape index (κ3) is 5.03. The molecule has 9 heteroatoms. The number of rotatable bonds is 6. The minimum atomic E-state index is -0.0300. The molecule has 1 amide bonds. The van der Waals surface area contributed by atoms with E-state index in [1.807, 2.05) is 30.1 Å². The van der Waals surface area contributed by atoms with E-state index in [9.17, 15) is 4.79 Å². The van der Waals surface area contributed by atoms with E-state index < -0.39 is 0 Å². The molecule has 0 fully saturated rings. The van der Waals surface area contributed by atoms with E-state index in [1.54, 1.807) is 24.0 Å². The molecule has 27 heavy (non-hydrogen) atoms. The summed E-state index contributed by atoms with van der Waals surface area (Å²) in [6, 6.07) is 8.82. The number of likely N-dealkylation sites (N-methyl/N-ethyl adjacent to an activating group) is 1. The summed E-state index contributed by atoms with van der Waals surface area (Å²) in [7, 11) is 1.90. The van der Waals surface area contributed by atoms with Gasteiger partial charge in [0.25, 0.3) is 0 Å². The Morgan fingerprint density at radius 1 is 1.07 bits per heavy atom. The van der Waals surface area contributed by atoms with E-state index in [0.29, 0.717) is 46.4 Å². The normalized spacial score (nSPS) is 11.0. The summed E-state index contributed by atoms with van der Waals surface area (Å²) in [4.78, 5) is 27.5. The molecule has 0 bridgehead atoms. The number of benzene rings is 1. The SMILES string of the molecule is CC(=O)N(CCN(C)c1nc2nc(Cl)ccc2[nH]1)Cc1cc(Cl)cc(Cl)c1. The van der Waals surface area contributed by atoms with E-state index in [1.165, 1.54) is 0 Å². The number of fused-ring (bicyclic) bond motifs is 1. The molecule has 1 aromatic carbocycles. The fourth-order valence-corrected chi connectivity index (χ4v) is 3.40. The van der Waals surface area contributed by atoms with Gasteiger partial charge >= 0.3 is 0 Å². The molecule has 0 radical (unpaired) electrons. The van der Waals surface area contributed by atoms with Crippen molar-refractivity contribution in [3.63, 3.8) is 0 Å². The molecule has 2 aromatic heterocycles. The van der Waals surface area contributed by atoms with Crippen molar-refractivity contribution in [1.29, 1.82) is 0 Å². The highest BCUT2D eigenvalue weighted by Gasteiger charge is 2.14. The van der Waals surface area contributed by atoms with Crippen molar-refractivity contribution in [2.24, 2.45) is 0 Å². The van der Waals surface area contributed by atoms with Crippen LogP contribution < -0.4 is 4.90 Å². The summed E-state index contributed by atoms with van der Waals surface area (Å²) >= 11 is 18.0. The molecule has 0 atom stereocenters. The number of hydrogen-bond acceptors (Lipinski definition) is 4. The summed E-state index contributed by atoms with van der Waals surface area (Å²) in [5.74, 6) is 0.631. The van der Waals surface area contributed by atoms with Crippen LogP contribution >= 0.6 is 34.8 Å². The first-order valence-corrected chi connectivity index (χ1v) is 9.39. The van der Waals surface area contributed by atoms with Gasteiger partial charge in [0.1, 0.15) is 5.15 Å². The topological polar surface area (TPSA) is 65.1 Å². The van der Waals surface area contributed by atoms with E-state index in [4.69, 9.17) is 34.8 Å². The van der Waals surface area contributed by atoms with E-state index in [0.717, 1.165) is 11.1 Å². The zero-order valence-electron chi connectivity index (χ0n) is 14.8. The van der Waals surface area contributed by atoms with Crippen LogP contribution in [0.3, 0.4) is 0 Å². The van der Waals surface area contributed by atoms with Crippen LogP contribution in [0.1, 0.15) is 12.5 Å². The second kappa shape index (κ2) is 8.33. The number of pyridine rings is 1. The smallest absolute Gasteiger partial charge is 0.219 e. The molecule has 0 aliphatic carbocycles. The molecule has 0 spiro atoms. The van der Waals surface area contributed by atoms with Gasteiger partial charge in [-0.1, -0.05) is 34.8 Å². The summed E-state index contributed by atoms with van der Waals surface area (Å²) in [6.45, 7) is 3.07. The number of nitrogens with zero attached hydrogens (tertiary/aromatic N) is 4. The summed E-state index contributed by atoms with van der Waals surface area (Å²) in [5, 5.41) is 1.49. The number of H-pyrrole nitrogens is 1. The Bertz CT molecular complexity index is 955. The number of carbonyl (C=O) groups is 1. The van der Waals surface area contributed by atoms with Crippen molar-refractivity contribution in [1.82, 2.24) is 19.9 Å². The Morgan fingerprint density at radius 3 is 2.44 bits per heavy atom. The van der Waals surface area contributed by atoms with E-state index in [2.05, 4.69) is 15.0 Å². The molecule has 3 aromatic rings. The Kier molecular flexibility index (Phi) is 6.09. The molecule has 142 valence electrons. The summed E-state index contributed by atoms with van der Waals surface area (Å²) in [6.07, 6.45) is 0. The number of imidazole rings is 1. The minimum absolute atomic E-state index is 0.0300. The molecule has 0 aliphatic rings. The van der Waals surface area contributed by atoms with Gasteiger partial charge in [0.15, 0.2) is 5.65 Å². The fraction of sp³-hybridized carbons (Fsp3) is 0.278. The average Bonchev–Trinajstić information content (AvgIpc) is 3.00. The summed E-state index contributed by atoms with van der Waals surface area (Å²) < 4.78 is 0. The van der Waals surface area contributed by atoms with Crippen molar-refractivity contribution >= 4 is 57.8 Å². The molecule has 0 aliphatic heterocycles. The standard InChI is InChI=1S/C18H18Cl3N5O/c1-11(27)26(10-12-7-13(19)9-14(20)8-12)6-5-25(2)18-22-15-3-4-16(21)23-17(15)24-18/h3-4,7-9H,5-6,10H2,1-2H3,(H,22,23,24). The molecular weight excluding hydrogens is 409 g/mol. The van der Waals surface area contributed by atoms with Crippen LogP contribution in [0.4, 0.5) is 5.95 Å². The molecule has 6 nitrogen and oxygen atoms in total. The van der Waals surface area contributed by atoms with Gasteiger partial charge in [-0.3, -0.25) is 4.79 Å². The highest BCUT2D eigenvalue weighted by atomic mass is 35.5. The maximum atomic E-state index is 12.0. The highest BCUT2D eigenvalue weighted by molar-refractivity contribution is 6.34. The number of aromatic amines is 1. The van der Waals surface area contributed by atoms with Crippen LogP contribution in [0.15, 0.2) is 30.3 Å². The third-order valence-electron chi connectivity index (χ3n) is 4.11. The van der Waals surface area contributed by atoms with Gasteiger partial charge in [-0.05, 0) is 35.9 Å². The van der Waals surface area contributed by atoms with Gasteiger partial charge < -0.3 is 14.8 Å². The average molecular weight is 427 g/mol. The van der Waals surface area contributed by atoms with Gasteiger partial charge in [0.2, 0.25) is 11.9 Å². The predicted molar refractivity (Wildman–Crippen MR) is 110 cm³/mol. The van der Waals surface area contributed by atoms with Gasteiger partial charge in [-0.2, -0.15) is 4.98 Å². The van der Waals surface area contributed by atoms with Crippen molar-refractivity contribution in [2.45, 2.75) is 13.5 Å². The number of hydrogen-bond donors (Lipinski definition) is 1. The maximum Gasteiger partial charge on any atom is 0.219 e. The first kappa shape index (κ1) is 19.7. The maximum absolute atomic E-state index is 12.0. The van der Waals surface area contributed by atoms with Crippen molar-refractivity contribution < 1.29 is 4.79 Å².